The van der Waals surface area contributed by atoms with Crippen molar-refractivity contribution >= 4 is 28.1 Å². The maximum atomic E-state index is 12.8. The summed E-state index contributed by atoms with van der Waals surface area (Å²) in [6.07, 6.45) is 2.31. The molecule has 0 spiro atoms. The lowest BCUT2D eigenvalue weighted by atomic mass is 10.0. The summed E-state index contributed by atoms with van der Waals surface area (Å²) in [5, 5.41) is 2.88. The molecule has 1 atom stereocenters. The van der Waals surface area contributed by atoms with Crippen LogP contribution in [0.25, 0.3) is 0 Å². The molecule has 2 fully saturated rings. The zero-order valence-electron chi connectivity index (χ0n) is 16.6. The van der Waals surface area contributed by atoms with E-state index in [0.717, 1.165) is 56.6 Å². The van der Waals surface area contributed by atoms with Crippen LogP contribution in [-0.4, -0.2) is 62.2 Å². The molecule has 0 bridgehead atoms. The van der Waals surface area contributed by atoms with Crippen LogP contribution in [0.4, 0.5) is 10.8 Å². The van der Waals surface area contributed by atoms with Gasteiger partial charge in [0, 0.05) is 56.4 Å². The number of piperazine rings is 1. The molecule has 0 aliphatic carbocycles. The van der Waals surface area contributed by atoms with Gasteiger partial charge >= 0.3 is 0 Å². The second-order valence-corrected chi connectivity index (χ2v) is 8.53. The Morgan fingerprint density at radius 1 is 1.18 bits per heavy atom. The maximum absolute atomic E-state index is 12.8. The minimum atomic E-state index is 0.0871. The zero-order valence-corrected chi connectivity index (χ0v) is 17.5. The Hall–Kier alpha value is -2.28. The van der Waals surface area contributed by atoms with E-state index in [1.54, 1.807) is 18.4 Å². The summed E-state index contributed by atoms with van der Waals surface area (Å²) in [4.78, 5) is 24.1. The van der Waals surface area contributed by atoms with Gasteiger partial charge in [-0.3, -0.25) is 4.79 Å². The number of carbonyl (C=O) groups excluding carboxylic acids is 1. The molecule has 28 heavy (non-hydrogen) atoms. The van der Waals surface area contributed by atoms with Gasteiger partial charge in [0.2, 0.25) is 0 Å². The Balaban J connectivity index is 1.37. The first kappa shape index (κ1) is 19.1. The molecule has 2 saturated heterocycles. The lowest BCUT2D eigenvalue weighted by molar-refractivity contribution is 0.0678. The maximum Gasteiger partial charge on any atom is 0.273 e. The van der Waals surface area contributed by atoms with E-state index in [9.17, 15) is 4.79 Å². The Kier molecular flexibility index (Phi) is 5.71. The minimum Gasteiger partial charge on any atom is -0.497 e. The number of rotatable bonds is 4. The van der Waals surface area contributed by atoms with Crippen molar-refractivity contribution in [1.29, 1.82) is 0 Å². The highest BCUT2D eigenvalue weighted by Crippen LogP contribution is 2.27. The number of nitrogens with zero attached hydrogens (tertiary/aromatic N) is 4. The summed E-state index contributed by atoms with van der Waals surface area (Å²) in [5.74, 6) is 1.56. The van der Waals surface area contributed by atoms with Crippen LogP contribution in [0.1, 0.15) is 30.3 Å². The first-order chi connectivity index (χ1) is 13.6. The van der Waals surface area contributed by atoms with E-state index in [2.05, 4.69) is 33.8 Å². The molecule has 6 nitrogen and oxygen atoms in total. The van der Waals surface area contributed by atoms with E-state index in [1.165, 1.54) is 12.1 Å². The second kappa shape index (κ2) is 8.39. The van der Waals surface area contributed by atoms with Crippen molar-refractivity contribution < 1.29 is 9.53 Å². The average Bonchev–Trinajstić information content (AvgIpc) is 3.23. The number of piperidine rings is 1. The van der Waals surface area contributed by atoms with Gasteiger partial charge in [0.1, 0.15) is 11.4 Å². The fourth-order valence-electron chi connectivity index (χ4n) is 4.01. The molecule has 4 rings (SSSR count). The molecule has 7 heteroatoms. The van der Waals surface area contributed by atoms with Crippen molar-refractivity contribution in [3.05, 3.63) is 35.3 Å². The number of thiazole rings is 1. The molecule has 1 aromatic carbocycles. The Morgan fingerprint density at radius 3 is 2.71 bits per heavy atom. The highest BCUT2D eigenvalue weighted by atomic mass is 32.1. The van der Waals surface area contributed by atoms with E-state index in [1.807, 2.05) is 22.4 Å². The highest BCUT2D eigenvalue weighted by Gasteiger charge is 2.25. The molecule has 2 aliphatic rings. The summed E-state index contributed by atoms with van der Waals surface area (Å²) >= 11 is 1.58. The fourth-order valence-corrected chi connectivity index (χ4v) is 4.86. The zero-order chi connectivity index (χ0) is 19.5. The lowest BCUT2D eigenvalue weighted by Gasteiger charge is -2.36. The van der Waals surface area contributed by atoms with Gasteiger partial charge in [-0.15, -0.1) is 11.3 Å². The van der Waals surface area contributed by atoms with Gasteiger partial charge in [-0.1, -0.05) is 13.0 Å². The number of ether oxygens (including phenoxy) is 1. The summed E-state index contributed by atoms with van der Waals surface area (Å²) < 4.78 is 5.34. The number of benzene rings is 1. The molecule has 0 unspecified atom stereocenters. The van der Waals surface area contributed by atoms with Gasteiger partial charge in [-0.05, 0) is 30.9 Å². The van der Waals surface area contributed by atoms with Gasteiger partial charge < -0.3 is 19.4 Å². The lowest BCUT2D eigenvalue weighted by Crippen LogP contribution is -2.46. The van der Waals surface area contributed by atoms with Gasteiger partial charge in [0.05, 0.1) is 7.11 Å². The van der Waals surface area contributed by atoms with Crippen molar-refractivity contribution in [2.75, 3.05) is 56.2 Å². The standard InChI is InChI=1S/C21H28N4O2S/c1-16-5-4-8-25(14-16)20(26)19-15-28-21(22-19)24-11-9-23(10-12-24)17-6-3-7-18(13-17)27-2/h3,6-7,13,15-16H,4-5,8-12,14H2,1-2H3/t16-/m0/s1. The van der Waals surface area contributed by atoms with Crippen LogP contribution >= 0.6 is 11.3 Å². The number of hydrogen-bond donors (Lipinski definition) is 0. The number of likely N-dealkylation sites (tertiary alicyclic amines) is 1. The SMILES string of the molecule is COc1cccc(N2CCN(c3nc(C(=O)N4CCC[C@H](C)C4)cs3)CC2)c1. The van der Waals surface area contributed by atoms with Crippen molar-refractivity contribution in [3.8, 4) is 5.75 Å². The number of carbonyl (C=O) groups is 1. The van der Waals surface area contributed by atoms with E-state index in [4.69, 9.17) is 4.74 Å². The molecule has 0 saturated carbocycles. The number of hydrogen-bond acceptors (Lipinski definition) is 6. The predicted octanol–water partition coefficient (Wildman–Crippen LogP) is 3.35. The largest absolute Gasteiger partial charge is 0.497 e. The molecule has 0 N–H and O–H groups in total. The van der Waals surface area contributed by atoms with Crippen molar-refractivity contribution in [2.45, 2.75) is 19.8 Å². The molecule has 1 amide bonds. The smallest absolute Gasteiger partial charge is 0.273 e. The molecule has 3 heterocycles. The summed E-state index contributed by atoms with van der Waals surface area (Å²) in [6, 6.07) is 8.20. The molecular weight excluding hydrogens is 372 g/mol. The van der Waals surface area contributed by atoms with E-state index in [0.29, 0.717) is 11.6 Å². The van der Waals surface area contributed by atoms with Gasteiger partial charge in [-0.2, -0.15) is 0 Å². The van der Waals surface area contributed by atoms with E-state index < -0.39 is 0 Å². The second-order valence-electron chi connectivity index (χ2n) is 7.69. The monoisotopic (exact) mass is 400 g/mol. The minimum absolute atomic E-state index is 0.0871. The van der Waals surface area contributed by atoms with Crippen LogP contribution < -0.4 is 14.5 Å². The van der Waals surface area contributed by atoms with Crippen LogP contribution in [0.3, 0.4) is 0 Å². The summed E-state index contributed by atoms with van der Waals surface area (Å²) in [5.41, 5.74) is 1.79. The third-order valence-corrected chi connectivity index (χ3v) is 6.53. The Labute approximate surface area is 170 Å². The van der Waals surface area contributed by atoms with Crippen molar-refractivity contribution in [3.63, 3.8) is 0 Å². The number of amides is 1. The average molecular weight is 401 g/mol. The summed E-state index contributed by atoms with van der Waals surface area (Å²) in [7, 11) is 1.70. The fraction of sp³-hybridized carbons (Fsp3) is 0.524. The molecule has 0 radical (unpaired) electrons. The van der Waals surface area contributed by atoms with Gasteiger partial charge in [-0.25, -0.2) is 4.98 Å². The van der Waals surface area contributed by atoms with Crippen LogP contribution in [-0.2, 0) is 0 Å². The van der Waals surface area contributed by atoms with Crippen molar-refractivity contribution in [1.82, 2.24) is 9.88 Å². The number of aromatic nitrogens is 1. The molecule has 2 aromatic rings. The first-order valence-corrected chi connectivity index (χ1v) is 10.9. The van der Waals surface area contributed by atoms with Crippen LogP contribution in [0.5, 0.6) is 5.75 Å². The van der Waals surface area contributed by atoms with Crippen molar-refractivity contribution in [2.24, 2.45) is 5.92 Å². The molecule has 150 valence electrons. The van der Waals surface area contributed by atoms with Crippen LogP contribution in [0.2, 0.25) is 0 Å². The van der Waals surface area contributed by atoms with Crippen LogP contribution in [0.15, 0.2) is 29.6 Å². The van der Waals surface area contributed by atoms with E-state index in [-0.39, 0.29) is 5.91 Å². The van der Waals surface area contributed by atoms with Gasteiger partial charge in [0.25, 0.3) is 5.91 Å². The molecule has 1 aromatic heterocycles. The topological polar surface area (TPSA) is 48.9 Å². The van der Waals surface area contributed by atoms with Crippen LogP contribution in [0, 0.1) is 5.92 Å². The molecular formula is C21H28N4O2S. The predicted molar refractivity (Wildman–Crippen MR) is 114 cm³/mol. The third-order valence-electron chi connectivity index (χ3n) is 5.62. The quantitative estimate of drug-likeness (QED) is 0.788. The molecule has 2 aliphatic heterocycles. The third kappa shape index (κ3) is 4.09. The van der Waals surface area contributed by atoms with E-state index >= 15 is 0 Å². The Morgan fingerprint density at radius 2 is 1.96 bits per heavy atom. The Bertz CT molecular complexity index is 816. The van der Waals surface area contributed by atoms with Gasteiger partial charge in [0.15, 0.2) is 5.13 Å². The highest BCUT2D eigenvalue weighted by molar-refractivity contribution is 7.13. The number of methoxy groups -OCH3 is 1. The normalized spacial score (nSPS) is 20.4. The first-order valence-electron chi connectivity index (χ1n) is 10.0. The summed E-state index contributed by atoms with van der Waals surface area (Å²) in [6.45, 7) is 7.59. The number of anilines is 2.